The van der Waals surface area contributed by atoms with Gasteiger partial charge in [-0.15, -0.1) is 11.3 Å². The van der Waals surface area contributed by atoms with Crippen LogP contribution in [0.5, 0.6) is 0 Å². The quantitative estimate of drug-likeness (QED) is 0.749. The number of ether oxygens (including phenoxy) is 1. The van der Waals surface area contributed by atoms with Gasteiger partial charge >= 0.3 is 5.97 Å². The number of anilines is 1. The van der Waals surface area contributed by atoms with Gasteiger partial charge in [-0.3, -0.25) is 9.59 Å². The number of rotatable bonds is 8. The van der Waals surface area contributed by atoms with Crippen molar-refractivity contribution in [1.82, 2.24) is 4.98 Å². The van der Waals surface area contributed by atoms with Crippen LogP contribution in [0.4, 0.5) is 5.13 Å². The lowest BCUT2D eigenvalue weighted by Crippen LogP contribution is -2.21. The van der Waals surface area contributed by atoms with Crippen molar-refractivity contribution in [3.8, 4) is 0 Å². The number of nitrogens with one attached hydrogen (secondary N) is 1. The minimum absolute atomic E-state index is 0.0328. The van der Waals surface area contributed by atoms with Gasteiger partial charge in [0, 0.05) is 17.7 Å². The van der Waals surface area contributed by atoms with Crippen molar-refractivity contribution < 1.29 is 14.3 Å². The molecular weight excluding hydrogens is 276 g/mol. The highest BCUT2D eigenvalue weighted by atomic mass is 32.1. The van der Waals surface area contributed by atoms with Crippen LogP contribution >= 0.6 is 11.3 Å². The molecule has 1 rings (SSSR count). The lowest BCUT2D eigenvalue weighted by Gasteiger charge is -2.10. The summed E-state index contributed by atoms with van der Waals surface area (Å²) in [7, 11) is 1.39. The van der Waals surface area contributed by atoms with Crippen LogP contribution in [0.1, 0.15) is 45.2 Å². The Labute approximate surface area is 123 Å². The molecule has 1 aromatic rings. The van der Waals surface area contributed by atoms with Crippen molar-refractivity contribution in [1.29, 1.82) is 0 Å². The van der Waals surface area contributed by atoms with Crippen molar-refractivity contribution in [2.24, 2.45) is 5.92 Å². The average Bonchev–Trinajstić information content (AvgIpc) is 2.87. The van der Waals surface area contributed by atoms with Gasteiger partial charge in [0.2, 0.25) is 5.91 Å². The first kappa shape index (κ1) is 16.6. The van der Waals surface area contributed by atoms with E-state index in [9.17, 15) is 9.59 Å². The van der Waals surface area contributed by atoms with Crippen LogP contribution < -0.4 is 5.32 Å². The maximum absolute atomic E-state index is 11.9. The molecule has 1 amide bonds. The molecule has 5 nitrogen and oxygen atoms in total. The van der Waals surface area contributed by atoms with Crippen LogP contribution in [0.3, 0.4) is 0 Å². The maximum atomic E-state index is 11.9. The fraction of sp³-hybridized carbons (Fsp3) is 0.643. The number of carbonyl (C=O) groups excluding carboxylic acids is 2. The summed E-state index contributed by atoms with van der Waals surface area (Å²) in [5.74, 6) is -0.130. The lowest BCUT2D eigenvalue weighted by molar-refractivity contribution is -0.140. The van der Waals surface area contributed by atoms with Gasteiger partial charge < -0.3 is 10.1 Å². The van der Waals surface area contributed by atoms with Crippen LogP contribution in [0.25, 0.3) is 0 Å². The number of nitrogens with zero attached hydrogens (tertiary/aromatic N) is 1. The highest BCUT2D eigenvalue weighted by Crippen LogP contribution is 2.19. The van der Waals surface area contributed by atoms with E-state index in [-0.39, 0.29) is 17.8 Å². The summed E-state index contributed by atoms with van der Waals surface area (Å²) in [6.45, 7) is 4.02. The third kappa shape index (κ3) is 5.28. The molecule has 0 spiro atoms. The Morgan fingerprint density at radius 2 is 2.10 bits per heavy atom. The molecule has 0 saturated carbocycles. The van der Waals surface area contributed by atoms with Gasteiger partial charge in [0.1, 0.15) is 0 Å². The summed E-state index contributed by atoms with van der Waals surface area (Å²) in [5.41, 5.74) is 0.902. The summed E-state index contributed by atoms with van der Waals surface area (Å²) in [4.78, 5) is 27.3. The molecule has 0 aliphatic rings. The second-order valence-electron chi connectivity index (χ2n) is 4.58. The Morgan fingerprint density at radius 3 is 2.70 bits per heavy atom. The number of aromatic nitrogens is 1. The molecule has 0 atom stereocenters. The molecule has 0 radical (unpaired) electrons. The third-order valence-electron chi connectivity index (χ3n) is 3.18. The van der Waals surface area contributed by atoms with Crippen molar-refractivity contribution in [3.05, 3.63) is 11.1 Å². The predicted molar refractivity (Wildman–Crippen MR) is 79.8 cm³/mol. The molecule has 1 aromatic heterocycles. The van der Waals surface area contributed by atoms with E-state index in [1.165, 1.54) is 18.4 Å². The van der Waals surface area contributed by atoms with Crippen LogP contribution in [-0.2, 0) is 20.7 Å². The molecule has 1 N–H and O–H groups in total. The van der Waals surface area contributed by atoms with E-state index >= 15 is 0 Å². The Balaban J connectivity index is 2.43. The predicted octanol–water partition coefficient (Wildman–Crippen LogP) is 3.01. The van der Waals surface area contributed by atoms with E-state index < -0.39 is 0 Å². The minimum Gasteiger partial charge on any atom is -0.469 e. The fourth-order valence-corrected chi connectivity index (χ4v) is 2.61. The highest BCUT2D eigenvalue weighted by Gasteiger charge is 2.15. The van der Waals surface area contributed by atoms with Crippen LogP contribution in [0.2, 0.25) is 0 Å². The summed E-state index contributed by atoms with van der Waals surface area (Å²) >= 11 is 1.42. The Hall–Kier alpha value is -1.43. The molecule has 0 aliphatic heterocycles. The SMILES string of the molecule is CCC(CC)C(=O)Nc1nc(CCCC(=O)OC)cs1. The third-order valence-corrected chi connectivity index (χ3v) is 3.99. The molecule has 0 aromatic carbocycles. The van der Waals surface area contributed by atoms with Crippen LogP contribution in [0.15, 0.2) is 5.38 Å². The summed E-state index contributed by atoms with van der Waals surface area (Å²) < 4.78 is 4.58. The zero-order valence-electron chi connectivity index (χ0n) is 12.3. The molecule has 0 aliphatic carbocycles. The first-order valence-corrected chi connectivity index (χ1v) is 7.80. The highest BCUT2D eigenvalue weighted by molar-refractivity contribution is 7.13. The second-order valence-corrected chi connectivity index (χ2v) is 5.43. The van der Waals surface area contributed by atoms with Crippen molar-refractivity contribution in [2.45, 2.75) is 46.0 Å². The normalized spacial score (nSPS) is 10.6. The summed E-state index contributed by atoms with van der Waals surface area (Å²) in [5, 5.41) is 5.40. The Morgan fingerprint density at radius 1 is 1.40 bits per heavy atom. The van der Waals surface area contributed by atoms with Gasteiger partial charge in [0.25, 0.3) is 0 Å². The molecular formula is C14H22N2O3S. The van der Waals surface area contributed by atoms with Crippen molar-refractivity contribution >= 4 is 28.3 Å². The maximum Gasteiger partial charge on any atom is 0.305 e. The van der Waals surface area contributed by atoms with Gasteiger partial charge in [0.05, 0.1) is 12.8 Å². The molecule has 0 fully saturated rings. The number of aryl methyl sites for hydroxylation is 1. The number of amides is 1. The monoisotopic (exact) mass is 298 g/mol. The number of methoxy groups -OCH3 is 1. The number of hydrogen-bond donors (Lipinski definition) is 1. The van der Waals surface area contributed by atoms with Gasteiger partial charge in [-0.25, -0.2) is 4.98 Å². The molecule has 112 valence electrons. The molecule has 0 unspecified atom stereocenters. The molecule has 0 saturated heterocycles. The number of esters is 1. The number of hydrogen-bond acceptors (Lipinski definition) is 5. The van der Waals surface area contributed by atoms with Gasteiger partial charge in [-0.1, -0.05) is 13.8 Å². The number of thiazole rings is 1. The van der Waals surface area contributed by atoms with Gasteiger partial charge in [0.15, 0.2) is 5.13 Å². The largest absolute Gasteiger partial charge is 0.469 e. The average molecular weight is 298 g/mol. The van der Waals surface area contributed by atoms with E-state index in [4.69, 9.17) is 0 Å². The van der Waals surface area contributed by atoms with Gasteiger partial charge in [-0.05, 0) is 25.7 Å². The second kappa shape index (κ2) is 8.68. The first-order valence-electron chi connectivity index (χ1n) is 6.92. The van der Waals surface area contributed by atoms with E-state index in [1.54, 1.807) is 0 Å². The Bertz CT molecular complexity index is 441. The minimum atomic E-state index is -0.206. The van der Waals surface area contributed by atoms with E-state index in [0.717, 1.165) is 18.5 Å². The van der Waals surface area contributed by atoms with Crippen LogP contribution in [0, 0.1) is 5.92 Å². The Kier molecular flexibility index (Phi) is 7.22. The van der Waals surface area contributed by atoms with Crippen molar-refractivity contribution in [3.63, 3.8) is 0 Å². The van der Waals surface area contributed by atoms with Gasteiger partial charge in [-0.2, -0.15) is 0 Å². The summed E-state index contributed by atoms with van der Waals surface area (Å²) in [6, 6.07) is 0. The lowest BCUT2D eigenvalue weighted by atomic mass is 10.0. The first-order chi connectivity index (χ1) is 9.60. The molecule has 6 heteroatoms. The molecule has 0 bridgehead atoms. The zero-order valence-corrected chi connectivity index (χ0v) is 13.1. The van der Waals surface area contributed by atoms with E-state index in [0.29, 0.717) is 24.4 Å². The smallest absolute Gasteiger partial charge is 0.305 e. The van der Waals surface area contributed by atoms with E-state index in [1.807, 2.05) is 19.2 Å². The molecule has 1 heterocycles. The summed E-state index contributed by atoms with van der Waals surface area (Å²) in [6.07, 6.45) is 3.48. The van der Waals surface area contributed by atoms with Crippen molar-refractivity contribution in [2.75, 3.05) is 12.4 Å². The van der Waals surface area contributed by atoms with E-state index in [2.05, 4.69) is 15.0 Å². The van der Waals surface area contributed by atoms with Crippen LogP contribution in [-0.4, -0.2) is 24.0 Å². The standard InChI is InChI=1S/C14H22N2O3S/c1-4-10(5-2)13(18)16-14-15-11(9-20-14)7-6-8-12(17)19-3/h9-10H,4-8H2,1-3H3,(H,15,16,18). The fourth-order valence-electron chi connectivity index (χ4n) is 1.86. The topological polar surface area (TPSA) is 68.3 Å². The number of carbonyl (C=O) groups is 2. The zero-order chi connectivity index (χ0) is 15.0. The molecule has 20 heavy (non-hydrogen) atoms.